The second-order valence-corrected chi connectivity index (χ2v) is 5.04. The Balaban J connectivity index is 3.82. The molecule has 0 saturated carbocycles. The zero-order valence-corrected chi connectivity index (χ0v) is 7.19. The Kier molecular flexibility index (Phi) is 3.87. The third-order valence-electron chi connectivity index (χ3n) is 0.996. The molecule has 0 aliphatic rings. The summed E-state index contributed by atoms with van der Waals surface area (Å²) in [5, 5.41) is 8.22. The van der Waals surface area contributed by atoms with Crippen LogP contribution in [0.5, 0.6) is 0 Å². The van der Waals surface area contributed by atoms with E-state index in [4.69, 9.17) is 10.8 Å². The molecule has 0 heterocycles. The van der Waals surface area contributed by atoms with Crippen molar-refractivity contribution in [3.05, 3.63) is 0 Å². The summed E-state index contributed by atoms with van der Waals surface area (Å²) >= 11 is 4.01. The zero-order valence-electron chi connectivity index (χ0n) is 5.56. The summed E-state index contributed by atoms with van der Waals surface area (Å²) in [5.41, 5.74) is 5.01. The molecule has 2 unspecified atom stereocenters. The van der Waals surface area contributed by atoms with Gasteiger partial charge in [0.25, 0.3) is 0 Å². The van der Waals surface area contributed by atoms with Crippen LogP contribution in [0.25, 0.3) is 0 Å². The highest BCUT2D eigenvalue weighted by Crippen LogP contribution is 1.93. The van der Waals surface area contributed by atoms with E-state index in [9.17, 15) is 13.6 Å². The molecule has 3 N–H and O–H groups in total. The van der Waals surface area contributed by atoms with Crippen LogP contribution in [0.3, 0.4) is 0 Å². The molecule has 7 heteroatoms. The molecule has 5 nitrogen and oxygen atoms in total. The average molecular weight is 198 g/mol. The van der Waals surface area contributed by atoms with Crippen molar-refractivity contribution in [3.8, 4) is 0 Å². The number of hydrogen-bond donors (Lipinski definition) is 2. The van der Waals surface area contributed by atoms with E-state index in [0.29, 0.717) is 0 Å². The smallest absolute Gasteiger partial charge is 0.320 e. The third-order valence-corrected chi connectivity index (χ3v) is 2.23. The van der Waals surface area contributed by atoms with E-state index in [1.807, 2.05) is 0 Å². The summed E-state index contributed by atoms with van der Waals surface area (Å²) in [7, 11) is -3.51. The summed E-state index contributed by atoms with van der Waals surface area (Å²) in [6, 6.07) is -1.15. The first-order valence-electron chi connectivity index (χ1n) is 2.75. The lowest BCUT2D eigenvalue weighted by atomic mass is 10.2. The number of carboxylic acid groups (broad SMARTS) is 1. The molecule has 0 spiro atoms. The lowest BCUT2D eigenvalue weighted by molar-refractivity contribution is -0.138. The molecule has 0 radical (unpaired) electrons. The maximum absolute atomic E-state index is 10.3. The fourth-order valence-electron chi connectivity index (χ4n) is 0.395. The van der Waals surface area contributed by atoms with Crippen molar-refractivity contribution in [1.29, 1.82) is 0 Å². The molecule has 0 aromatic carbocycles. The Morgan fingerprint density at radius 3 is 2.55 bits per heavy atom. The second kappa shape index (κ2) is 3.96. The van der Waals surface area contributed by atoms with Gasteiger partial charge in [0.15, 0.2) is 0 Å². The summed E-state index contributed by atoms with van der Waals surface area (Å²) < 4.78 is 20.6. The maximum Gasteiger partial charge on any atom is 0.320 e. The first kappa shape index (κ1) is 10.8. The average Bonchev–Trinajstić information content (AvgIpc) is 1.80. The minimum absolute atomic E-state index is 0.138. The Labute approximate surface area is 69.1 Å². The highest BCUT2D eigenvalue weighted by molar-refractivity contribution is 8.29. The van der Waals surface area contributed by atoms with Crippen molar-refractivity contribution < 1.29 is 18.7 Å². The SMILES string of the molecule is NC(CCS(=O)([O-])=S)C(=O)O. The lowest BCUT2D eigenvalue weighted by Crippen LogP contribution is -2.32. The van der Waals surface area contributed by atoms with Crippen molar-refractivity contribution in [2.24, 2.45) is 5.73 Å². The molecule has 0 amide bonds. The molecule has 2 atom stereocenters. The van der Waals surface area contributed by atoms with Crippen molar-refractivity contribution in [2.75, 3.05) is 5.75 Å². The third kappa shape index (κ3) is 6.17. The monoisotopic (exact) mass is 198 g/mol. The topological polar surface area (TPSA) is 103 Å². The zero-order chi connectivity index (χ0) is 9.07. The summed E-state index contributed by atoms with van der Waals surface area (Å²) in [6.45, 7) is 0. The van der Waals surface area contributed by atoms with Gasteiger partial charge >= 0.3 is 5.97 Å². The molecule has 0 aliphatic carbocycles. The van der Waals surface area contributed by atoms with Crippen LogP contribution in [-0.4, -0.2) is 31.6 Å². The van der Waals surface area contributed by atoms with Crippen LogP contribution in [-0.2, 0) is 24.8 Å². The van der Waals surface area contributed by atoms with E-state index in [-0.39, 0.29) is 12.2 Å². The standard InChI is InChI=1S/C4H9NO4S2/c5-3(4(6)7)1-2-11(8,9)10/h3H,1-2,5H2,(H,6,7)(H,8,9,10)/p-1. The normalized spacial score (nSPS) is 18.7. The first-order valence-corrected chi connectivity index (χ1v) is 5.32. The van der Waals surface area contributed by atoms with Crippen LogP contribution >= 0.6 is 0 Å². The van der Waals surface area contributed by atoms with Crippen LogP contribution < -0.4 is 5.73 Å². The van der Waals surface area contributed by atoms with Crippen LogP contribution in [0.4, 0.5) is 0 Å². The molecule has 0 rings (SSSR count). The number of hydrogen-bond acceptors (Lipinski definition) is 5. The Bertz CT molecular complexity index is 234. The van der Waals surface area contributed by atoms with Gasteiger partial charge in [-0.25, -0.2) is 0 Å². The van der Waals surface area contributed by atoms with Crippen molar-refractivity contribution in [2.45, 2.75) is 12.5 Å². The van der Waals surface area contributed by atoms with Gasteiger partial charge in [-0.15, -0.1) is 0 Å². The van der Waals surface area contributed by atoms with E-state index < -0.39 is 20.8 Å². The predicted octanol–water partition coefficient (Wildman–Crippen LogP) is -1.33. The Morgan fingerprint density at radius 2 is 2.27 bits per heavy atom. The predicted molar refractivity (Wildman–Crippen MR) is 41.4 cm³/mol. The Morgan fingerprint density at radius 1 is 1.82 bits per heavy atom. The molecular weight excluding hydrogens is 190 g/mol. The van der Waals surface area contributed by atoms with Gasteiger partial charge in [0.2, 0.25) is 0 Å². The number of carbonyl (C=O) groups is 1. The van der Waals surface area contributed by atoms with Gasteiger partial charge in [0, 0.05) is 5.75 Å². The van der Waals surface area contributed by atoms with Crippen LogP contribution in [0, 0.1) is 0 Å². The molecule has 0 aromatic heterocycles. The molecular formula is C4H8NO4S2-. The second-order valence-electron chi connectivity index (χ2n) is 2.00. The molecule has 0 saturated heterocycles. The molecule has 11 heavy (non-hydrogen) atoms. The van der Waals surface area contributed by atoms with Gasteiger partial charge in [-0.3, -0.25) is 9.00 Å². The molecule has 0 bridgehead atoms. The van der Waals surface area contributed by atoms with Gasteiger partial charge in [-0.1, -0.05) is 0 Å². The van der Waals surface area contributed by atoms with Gasteiger partial charge in [-0.05, 0) is 26.4 Å². The quantitative estimate of drug-likeness (QED) is 0.579. The number of aliphatic carboxylic acids is 1. The van der Waals surface area contributed by atoms with Crippen molar-refractivity contribution >= 4 is 25.9 Å². The molecule has 0 aliphatic heterocycles. The van der Waals surface area contributed by atoms with E-state index in [1.54, 1.807) is 0 Å². The summed E-state index contributed by atoms with van der Waals surface area (Å²) in [4.78, 5) is 10.1. The Hall–Kier alpha value is -0.240. The highest BCUT2D eigenvalue weighted by Gasteiger charge is 2.10. The van der Waals surface area contributed by atoms with Crippen molar-refractivity contribution in [3.63, 3.8) is 0 Å². The van der Waals surface area contributed by atoms with Crippen LogP contribution in [0.2, 0.25) is 0 Å². The van der Waals surface area contributed by atoms with Gasteiger partial charge in [0.1, 0.15) is 6.04 Å². The number of carboxylic acids is 1. The molecule has 66 valence electrons. The summed E-state index contributed by atoms with van der Waals surface area (Å²) in [6.07, 6.45) is -0.138. The van der Waals surface area contributed by atoms with E-state index in [0.717, 1.165) is 0 Å². The summed E-state index contributed by atoms with van der Waals surface area (Å²) in [5.74, 6) is -1.58. The van der Waals surface area contributed by atoms with Gasteiger partial charge in [-0.2, -0.15) is 0 Å². The minimum atomic E-state index is -3.51. The lowest BCUT2D eigenvalue weighted by Gasteiger charge is -2.11. The highest BCUT2D eigenvalue weighted by atomic mass is 32.8. The largest absolute Gasteiger partial charge is 0.769 e. The number of rotatable bonds is 4. The van der Waals surface area contributed by atoms with Gasteiger partial charge in [0.05, 0.1) is 0 Å². The molecule has 0 aromatic rings. The van der Waals surface area contributed by atoms with Gasteiger partial charge < -0.3 is 15.4 Å². The fourth-order valence-corrected chi connectivity index (χ4v) is 1.23. The van der Waals surface area contributed by atoms with Crippen LogP contribution in [0.15, 0.2) is 0 Å². The van der Waals surface area contributed by atoms with E-state index in [1.165, 1.54) is 0 Å². The fraction of sp³-hybridized carbons (Fsp3) is 0.750. The maximum atomic E-state index is 10.3. The first-order chi connectivity index (χ1) is 4.83. The van der Waals surface area contributed by atoms with Crippen LogP contribution in [0.1, 0.15) is 6.42 Å². The van der Waals surface area contributed by atoms with Crippen molar-refractivity contribution in [1.82, 2.24) is 0 Å². The number of nitrogens with two attached hydrogens (primary N) is 1. The minimum Gasteiger partial charge on any atom is -0.769 e. The van der Waals surface area contributed by atoms with E-state index >= 15 is 0 Å². The molecule has 0 fully saturated rings. The van der Waals surface area contributed by atoms with E-state index in [2.05, 4.69) is 11.2 Å².